The number of aromatic carboxylic acids is 1. The number of ether oxygens (including phenoxy) is 1. The second kappa shape index (κ2) is 6.62. The third kappa shape index (κ3) is 3.93. The molecule has 2 aromatic rings. The van der Waals surface area contributed by atoms with Crippen LogP contribution in [0.4, 0.5) is 0 Å². The Morgan fingerprint density at radius 2 is 2.00 bits per heavy atom. The molecule has 6 nitrogen and oxygen atoms in total. The predicted molar refractivity (Wildman–Crippen MR) is 95.9 cm³/mol. The number of aryl methyl sites for hydroxylation is 1. The van der Waals surface area contributed by atoms with E-state index >= 15 is 0 Å². The number of nitrogens with zero attached hydrogens (tertiary/aromatic N) is 2. The number of fused-ring (bicyclic) bond motifs is 1. The first-order valence-electron chi connectivity index (χ1n) is 7.31. The number of hydrogen-bond donors (Lipinski definition) is 1. The first kappa shape index (κ1) is 18.0. The van der Waals surface area contributed by atoms with E-state index in [0.717, 1.165) is 6.04 Å². The van der Waals surface area contributed by atoms with E-state index in [9.17, 15) is 14.7 Å². The maximum Gasteiger partial charge on any atom is 0.337 e. The monoisotopic (exact) mass is 400 g/mol. The first-order chi connectivity index (χ1) is 10.6. The molecule has 0 spiro atoms. The van der Waals surface area contributed by atoms with Gasteiger partial charge in [0.2, 0.25) is 0 Å². The molecule has 0 saturated heterocycles. The molecule has 2 heterocycles. The fraction of sp³-hybridized carbons (Fsp3) is 0.467. The SMILES string of the molecule is Cn1cc(Br)c2c(C(=O)O)cn(COCC[Si](C)(C)C)c2c1=O. The first-order valence-corrected chi connectivity index (χ1v) is 11.8. The van der Waals surface area contributed by atoms with Crippen molar-refractivity contribution in [2.45, 2.75) is 32.4 Å². The van der Waals surface area contributed by atoms with E-state index in [-0.39, 0.29) is 17.9 Å². The molecule has 0 aliphatic heterocycles. The van der Waals surface area contributed by atoms with Gasteiger partial charge in [-0.05, 0) is 22.0 Å². The normalized spacial score (nSPS) is 12.0. The summed E-state index contributed by atoms with van der Waals surface area (Å²) >= 11 is 3.35. The second-order valence-corrected chi connectivity index (χ2v) is 13.3. The van der Waals surface area contributed by atoms with E-state index in [2.05, 4.69) is 35.6 Å². The largest absolute Gasteiger partial charge is 0.478 e. The Kier molecular flexibility index (Phi) is 5.17. The van der Waals surface area contributed by atoms with Gasteiger partial charge in [0, 0.05) is 44.0 Å². The Morgan fingerprint density at radius 1 is 1.35 bits per heavy atom. The molecule has 0 atom stereocenters. The number of hydrogen-bond acceptors (Lipinski definition) is 3. The Morgan fingerprint density at radius 3 is 2.57 bits per heavy atom. The Balaban J connectivity index is 2.40. The topological polar surface area (TPSA) is 73.5 Å². The van der Waals surface area contributed by atoms with Crippen LogP contribution in [0.25, 0.3) is 10.9 Å². The van der Waals surface area contributed by atoms with E-state index in [1.807, 2.05) is 0 Å². The van der Waals surface area contributed by atoms with Crippen molar-refractivity contribution in [1.82, 2.24) is 9.13 Å². The van der Waals surface area contributed by atoms with Gasteiger partial charge in [0.25, 0.3) is 5.56 Å². The van der Waals surface area contributed by atoms with Crippen molar-refractivity contribution in [1.29, 1.82) is 0 Å². The minimum Gasteiger partial charge on any atom is -0.478 e. The maximum absolute atomic E-state index is 12.4. The molecule has 0 radical (unpaired) electrons. The lowest BCUT2D eigenvalue weighted by molar-refractivity contribution is 0.0696. The number of aromatic nitrogens is 2. The molecule has 0 amide bonds. The molecule has 1 N–H and O–H groups in total. The summed E-state index contributed by atoms with van der Waals surface area (Å²) in [4.78, 5) is 23.9. The van der Waals surface area contributed by atoms with Gasteiger partial charge in [-0.15, -0.1) is 0 Å². The van der Waals surface area contributed by atoms with Crippen LogP contribution in [0.2, 0.25) is 25.7 Å². The molecule has 2 aromatic heterocycles. The third-order valence-electron chi connectivity index (χ3n) is 3.60. The number of carboxylic acids is 1. The molecule has 0 fully saturated rings. The fourth-order valence-corrected chi connectivity index (χ4v) is 3.76. The molecule has 0 unspecified atom stereocenters. The van der Waals surface area contributed by atoms with Crippen LogP contribution >= 0.6 is 15.9 Å². The number of halogens is 1. The zero-order valence-electron chi connectivity index (χ0n) is 13.7. The molecule has 0 aliphatic rings. The molecule has 0 aromatic carbocycles. The Hall–Kier alpha value is -1.38. The summed E-state index contributed by atoms with van der Waals surface area (Å²) < 4.78 is 9.26. The van der Waals surface area contributed by atoms with Crippen molar-refractivity contribution in [2.24, 2.45) is 7.05 Å². The zero-order chi connectivity index (χ0) is 17.4. The number of carboxylic acid groups (broad SMARTS) is 1. The highest BCUT2D eigenvalue weighted by molar-refractivity contribution is 9.10. The van der Waals surface area contributed by atoms with Gasteiger partial charge in [0.1, 0.15) is 12.2 Å². The van der Waals surface area contributed by atoms with Crippen LogP contribution in [0.5, 0.6) is 0 Å². The maximum atomic E-state index is 12.4. The van der Waals surface area contributed by atoms with Crippen LogP contribution < -0.4 is 5.56 Å². The second-order valence-electron chi connectivity index (χ2n) is 6.78. The van der Waals surface area contributed by atoms with Crippen molar-refractivity contribution in [3.63, 3.8) is 0 Å². The van der Waals surface area contributed by atoms with E-state index in [1.165, 1.54) is 10.8 Å². The van der Waals surface area contributed by atoms with Gasteiger partial charge in [-0.1, -0.05) is 19.6 Å². The van der Waals surface area contributed by atoms with Crippen molar-refractivity contribution in [2.75, 3.05) is 6.61 Å². The van der Waals surface area contributed by atoms with E-state index in [4.69, 9.17) is 4.74 Å². The van der Waals surface area contributed by atoms with E-state index in [1.54, 1.807) is 17.8 Å². The molecule has 0 bridgehead atoms. The third-order valence-corrected chi connectivity index (χ3v) is 5.91. The van der Waals surface area contributed by atoms with Crippen molar-refractivity contribution < 1.29 is 14.6 Å². The van der Waals surface area contributed by atoms with Gasteiger partial charge in [-0.2, -0.15) is 0 Å². The summed E-state index contributed by atoms with van der Waals surface area (Å²) in [5, 5.41) is 9.79. The molecule has 0 aliphatic carbocycles. The van der Waals surface area contributed by atoms with E-state index in [0.29, 0.717) is 22.0 Å². The number of pyridine rings is 1. The fourth-order valence-electron chi connectivity index (χ4n) is 2.29. The smallest absolute Gasteiger partial charge is 0.337 e. The van der Waals surface area contributed by atoms with Crippen molar-refractivity contribution in [3.8, 4) is 0 Å². The molecular weight excluding hydrogens is 380 g/mol. The molecule has 23 heavy (non-hydrogen) atoms. The predicted octanol–water partition coefficient (Wildman–Crippen LogP) is 3.11. The van der Waals surface area contributed by atoms with Crippen LogP contribution in [0.15, 0.2) is 21.7 Å². The number of rotatable bonds is 6. The molecule has 0 saturated carbocycles. The highest BCUT2D eigenvalue weighted by Crippen LogP contribution is 2.27. The van der Waals surface area contributed by atoms with Crippen molar-refractivity contribution >= 4 is 40.9 Å². The average molecular weight is 401 g/mol. The van der Waals surface area contributed by atoms with Crippen LogP contribution in [0.1, 0.15) is 10.4 Å². The Bertz CT molecular complexity index is 804. The van der Waals surface area contributed by atoms with Gasteiger partial charge >= 0.3 is 5.97 Å². The minimum absolute atomic E-state index is 0.0957. The summed E-state index contributed by atoms with van der Waals surface area (Å²) in [5.41, 5.74) is 0.190. The molecular formula is C15H21BrN2O4Si. The molecule has 2 rings (SSSR count). The summed E-state index contributed by atoms with van der Waals surface area (Å²) in [7, 11) is 0.443. The highest BCUT2D eigenvalue weighted by Gasteiger charge is 2.20. The lowest BCUT2D eigenvalue weighted by Crippen LogP contribution is -2.22. The van der Waals surface area contributed by atoms with E-state index < -0.39 is 14.0 Å². The summed E-state index contributed by atoms with van der Waals surface area (Å²) in [6, 6.07) is 1.01. The minimum atomic E-state index is -1.19. The number of carbonyl (C=O) groups is 1. The van der Waals surface area contributed by atoms with Crippen LogP contribution in [0, 0.1) is 0 Å². The molecule has 8 heteroatoms. The standard InChI is InChI=1S/C15H21BrN2O4Si/c1-17-8-11(16)12-10(15(20)21)7-18(13(12)14(17)19)9-22-5-6-23(2,3)4/h7-8H,5-6,9H2,1-4H3,(H,20,21). The summed E-state index contributed by atoms with van der Waals surface area (Å²) in [6.07, 6.45) is 3.04. The van der Waals surface area contributed by atoms with Gasteiger partial charge in [0.05, 0.1) is 5.56 Å². The lowest BCUT2D eigenvalue weighted by atomic mass is 10.2. The Labute approximate surface area is 143 Å². The van der Waals surface area contributed by atoms with Gasteiger partial charge in [-0.3, -0.25) is 4.79 Å². The molecule has 126 valence electrons. The summed E-state index contributed by atoms with van der Waals surface area (Å²) in [5.74, 6) is -1.06. The lowest BCUT2D eigenvalue weighted by Gasteiger charge is -2.15. The van der Waals surface area contributed by atoms with Crippen molar-refractivity contribution in [3.05, 3.63) is 32.8 Å². The average Bonchev–Trinajstić information content (AvgIpc) is 2.80. The highest BCUT2D eigenvalue weighted by atomic mass is 79.9. The quantitative estimate of drug-likeness (QED) is 0.596. The van der Waals surface area contributed by atoms with Crippen LogP contribution in [0.3, 0.4) is 0 Å². The van der Waals surface area contributed by atoms with Crippen LogP contribution in [-0.2, 0) is 18.5 Å². The van der Waals surface area contributed by atoms with Crippen LogP contribution in [-0.4, -0.2) is 34.9 Å². The van der Waals surface area contributed by atoms with Gasteiger partial charge < -0.3 is 19.0 Å². The summed E-state index contributed by atoms with van der Waals surface area (Å²) in [6.45, 7) is 7.55. The van der Waals surface area contributed by atoms with Gasteiger partial charge in [-0.25, -0.2) is 4.79 Å². The zero-order valence-corrected chi connectivity index (χ0v) is 16.3. The van der Waals surface area contributed by atoms with Gasteiger partial charge in [0.15, 0.2) is 0 Å².